The van der Waals surface area contributed by atoms with E-state index in [2.05, 4.69) is 10.2 Å². The van der Waals surface area contributed by atoms with Gasteiger partial charge >= 0.3 is 0 Å². The molecule has 0 aromatic heterocycles. The van der Waals surface area contributed by atoms with E-state index in [1.165, 1.54) is 6.42 Å². The van der Waals surface area contributed by atoms with Crippen LogP contribution in [-0.4, -0.2) is 47.2 Å². The van der Waals surface area contributed by atoms with Crippen molar-refractivity contribution in [1.29, 1.82) is 0 Å². The molecular formula is C12H24N2O2. The molecule has 1 fully saturated rings. The van der Waals surface area contributed by atoms with Crippen molar-refractivity contribution in [3.05, 3.63) is 0 Å². The summed E-state index contributed by atoms with van der Waals surface area (Å²) in [4.78, 5) is 14.0. The zero-order valence-corrected chi connectivity index (χ0v) is 10.6. The smallest absolute Gasteiger partial charge is 0.237 e. The van der Waals surface area contributed by atoms with Crippen molar-refractivity contribution in [3.63, 3.8) is 0 Å². The lowest BCUT2D eigenvalue weighted by atomic mass is 9.90. The van der Waals surface area contributed by atoms with Crippen LogP contribution in [0.5, 0.6) is 0 Å². The van der Waals surface area contributed by atoms with Gasteiger partial charge in [0.2, 0.25) is 5.91 Å². The molecule has 94 valence electrons. The summed E-state index contributed by atoms with van der Waals surface area (Å²) in [5.74, 6) is 0.0651. The van der Waals surface area contributed by atoms with Crippen LogP contribution in [0.15, 0.2) is 0 Å². The third-order valence-corrected chi connectivity index (χ3v) is 3.21. The van der Waals surface area contributed by atoms with Crippen molar-refractivity contribution >= 4 is 5.91 Å². The van der Waals surface area contributed by atoms with Gasteiger partial charge in [-0.3, -0.25) is 9.69 Å². The third-order valence-electron chi connectivity index (χ3n) is 3.21. The SMILES string of the molecule is CC(C)NC(=O)C(C)N(CCO)C1CCC1. The molecule has 1 unspecified atom stereocenters. The molecule has 4 nitrogen and oxygen atoms in total. The minimum absolute atomic E-state index is 0.0651. The lowest BCUT2D eigenvalue weighted by Crippen LogP contribution is -2.53. The highest BCUT2D eigenvalue weighted by Crippen LogP contribution is 2.26. The summed E-state index contributed by atoms with van der Waals surface area (Å²) in [6, 6.07) is 0.521. The Labute approximate surface area is 98.0 Å². The van der Waals surface area contributed by atoms with Crippen molar-refractivity contribution in [3.8, 4) is 0 Å². The van der Waals surface area contributed by atoms with Crippen LogP contribution in [0.25, 0.3) is 0 Å². The summed E-state index contributed by atoms with van der Waals surface area (Å²) < 4.78 is 0. The molecule has 1 aliphatic rings. The first-order valence-electron chi connectivity index (χ1n) is 6.23. The molecule has 0 aromatic rings. The highest BCUT2D eigenvalue weighted by molar-refractivity contribution is 5.81. The quantitative estimate of drug-likeness (QED) is 0.705. The topological polar surface area (TPSA) is 52.6 Å². The molecule has 16 heavy (non-hydrogen) atoms. The van der Waals surface area contributed by atoms with Gasteiger partial charge in [0.1, 0.15) is 0 Å². The summed E-state index contributed by atoms with van der Waals surface area (Å²) in [6.07, 6.45) is 3.55. The monoisotopic (exact) mass is 228 g/mol. The normalized spacial score (nSPS) is 18.6. The van der Waals surface area contributed by atoms with Gasteiger partial charge in [-0.15, -0.1) is 0 Å². The predicted octanol–water partition coefficient (Wildman–Crippen LogP) is 0.746. The number of aliphatic hydroxyl groups excluding tert-OH is 1. The minimum atomic E-state index is -0.139. The molecule has 0 bridgehead atoms. The molecule has 0 aromatic carbocycles. The Morgan fingerprint density at radius 1 is 1.44 bits per heavy atom. The van der Waals surface area contributed by atoms with Crippen molar-refractivity contribution in [2.45, 2.75) is 58.2 Å². The van der Waals surface area contributed by atoms with E-state index in [0.29, 0.717) is 12.6 Å². The molecule has 1 rings (SSSR count). The van der Waals surface area contributed by atoms with Crippen LogP contribution >= 0.6 is 0 Å². The fourth-order valence-electron chi connectivity index (χ4n) is 2.08. The van der Waals surface area contributed by atoms with Crippen molar-refractivity contribution in [2.24, 2.45) is 0 Å². The number of rotatable bonds is 6. The molecule has 0 spiro atoms. The van der Waals surface area contributed by atoms with Crippen molar-refractivity contribution < 1.29 is 9.90 Å². The van der Waals surface area contributed by atoms with Crippen LogP contribution in [0, 0.1) is 0 Å². The lowest BCUT2D eigenvalue weighted by Gasteiger charge is -2.40. The fourth-order valence-corrected chi connectivity index (χ4v) is 2.08. The van der Waals surface area contributed by atoms with Gasteiger partial charge < -0.3 is 10.4 Å². The van der Waals surface area contributed by atoms with E-state index < -0.39 is 0 Å². The number of hydrogen-bond donors (Lipinski definition) is 2. The van der Waals surface area contributed by atoms with E-state index in [1.807, 2.05) is 20.8 Å². The van der Waals surface area contributed by atoms with Gasteiger partial charge in [0.15, 0.2) is 0 Å². The minimum Gasteiger partial charge on any atom is -0.395 e. The van der Waals surface area contributed by atoms with Gasteiger partial charge in [0.25, 0.3) is 0 Å². The number of aliphatic hydroxyl groups is 1. The van der Waals surface area contributed by atoms with E-state index in [4.69, 9.17) is 5.11 Å². The van der Waals surface area contributed by atoms with E-state index in [0.717, 1.165) is 12.8 Å². The molecule has 0 aliphatic heterocycles. The van der Waals surface area contributed by atoms with E-state index in [9.17, 15) is 4.79 Å². The van der Waals surface area contributed by atoms with Crippen LogP contribution in [-0.2, 0) is 4.79 Å². The molecule has 2 N–H and O–H groups in total. The summed E-state index contributed by atoms with van der Waals surface area (Å²) in [6.45, 7) is 6.56. The van der Waals surface area contributed by atoms with E-state index in [1.54, 1.807) is 0 Å². The number of carbonyl (C=O) groups is 1. The number of carbonyl (C=O) groups excluding carboxylic acids is 1. The van der Waals surface area contributed by atoms with Crippen molar-refractivity contribution in [1.82, 2.24) is 10.2 Å². The summed E-state index contributed by atoms with van der Waals surface area (Å²) in [5, 5.41) is 12.0. The molecule has 0 radical (unpaired) electrons. The van der Waals surface area contributed by atoms with Gasteiger partial charge in [-0.25, -0.2) is 0 Å². The van der Waals surface area contributed by atoms with Gasteiger partial charge in [-0.1, -0.05) is 6.42 Å². The van der Waals surface area contributed by atoms with Crippen LogP contribution in [0.1, 0.15) is 40.0 Å². The van der Waals surface area contributed by atoms with E-state index in [-0.39, 0.29) is 24.6 Å². The fraction of sp³-hybridized carbons (Fsp3) is 0.917. The van der Waals surface area contributed by atoms with Gasteiger partial charge in [0.05, 0.1) is 12.6 Å². The molecule has 1 aliphatic carbocycles. The molecule has 0 heterocycles. The van der Waals surface area contributed by atoms with Crippen LogP contribution in [0.3, 0.4) is 0 Å². The Morgan fingerprint density at radius 3 is 2.44 bits per heavy atom. The van der Waals surface area contributed by atoms with Crippen molar-refractivity contribution in [2.75, 3.05) is 13.2 Å². The first-order valence-corrected chi connectivity index (χ1v) is 6.23. The van der Waals surface area contributed by atoms with Crippen LogP contribution in [0.2, 0.25) is 0 Å². The zero-order chi connectivity index (χ0) is 12.1. The maximum Gasteiger partial charge on any atom is 0.237 e. The largest absolute Gasteiger partial charge is 0.395 e. The average molecular weight is 228 g/mol. The second kappa shape index (κ2) is 6.21. The summed E-state index contributed by atoms with van der Waals surface area (Å²) >= 11 is 0. The molecular weight excluding hydrogens is 204 g/mol. The first kappa shape index (κ1) is 13.5. The average Bonchev–Trinajstić information content (AvgIpc) is 2.12. The molecule has 0 saturated heterocycles. The van der Waals surface area contributed by atoms with Crippen LogP contribution < -0.4 is 5.32 Å². The van der Waals surface area contributed by atoms with Gasteiger partial charge in [-0.05, 0) is 33.6 Å². The van der Waals surface area contributed by atoms with Gasteiger partial charge in [0, 0.05) is 18.6 Å². The number of nitrogens with zero attached hydrogens (tertiary/aromatic N) is 1. The second-order valence-corrected chi connectivity index (χ2v) is 4.89. The maximum absolute atomic E-state index is 11.9. The lowest BCUT2D eigenvalue weighted by molar-refractivity contribution is -0.128. The molecule has 4 heteroatoms. The maximum atomic E-state index is 11.9. The van der Waals surface area contributed by atoms with Crippen LogP contribution in [0.4, 0.5) is 0 Å². The Hall–Kier alpha value is -0.610. The molecule has 1 saturated carbocycles. The Balaban J connectivity index is 2.51. The van der Waals surface area contributed by atoms with Gasteiger partial charge in [-0.2, -0.15) is 0 Å². The number of amides is 1. The first-order chi connectivity index (χ1) is 7.56. The Kier molecular flexibility index (Phi) is 5.22. The number of nitrogens with one attached hydrogen (secondary N) is 1. The summed E-state index contributed by atoms with van der Waals surface area (Å²) in [7, 11) is 0. The Bertz CT molecular complexity index is 227. The molecule has 1 amide bonds. The molecule has 1 atom stereocenters. The highest BCUT2D eigenvalue weighted by atomic mass is 16.3. The third kappa shape index (κ3) is 3.46. The highest BCUT2D eigenvalue weighted by Gasteiger charge is 2.31. The summed E-state index contributed by atoms with van der Waals surface area (Å²) in [5.41, 5.74) is 0. The Morgan fingerprint density at radius 2 is 2.06 bits per heavy atom. The van der Waals surface area contributed by atoms with E-state index >= 15 is 0 Å². The zero-order valence-electron chi connectivity index (χ0n) is 10.6. The number of hydrogen-bond acceptors (Lipinski definition) is 3. The standard InChI is InChI=1S/C12H24N2O2/c1-9(2)13-12(16)10(3)14(7-8-15)11-5-4-6-11/h9-11,15H,4-8H2,1-3H3,(H,13,16). The second-order valence-electron chi connectivity index (χ2n) is 4.89. The predicted molar refractivity (Wildman–Crippen MR) is 64.2 cm³/mol.